The van der Waals surface area contributed by atoms with Crippen LogP contribution in [0, 0.1) is 0 Å². The van der Waals surface area contributed by atoms with Crippen molar-refractivity contribution in [1.29, 1.82) is 0 Å². The normalized spacial score (nSPS) is 11.2. The Bertz CT molecular complexity index is 1020. The van der Waals surface area contributed by atoms with Gasteiger partial charge in [0.05, 0.1) is 11.4 Å². The second kappa shape index (κ2) is 6.99. The molecule has 1 amide bonds. The molecule has 0 aliphatic heterocycles. The molecule has 3 aromatic rings. The molecule has 0 saturated carbocycles. The lowest BCUT2D eigenvalue weighted by Crippen LogP contribution is -2.39. The molecule has 128 valence electrons. The van der Waals surface area contributed by atoms with E-state index >= 15 is 0 Å². The van der Waals surface area contributed by atoms with Gasteiger partial charge in [-0.3, -0.25) is 0 Å². The third-order valence-electron chi connectivity index (χ3n) is 3.27. The number of carbonyl (C=O) groups is 1. The Morgan fingerprint density at radius 3 is 2.68 bits per heavy atom. The summed E-state index contributed by atoms with van der Waals surface area (Å²) < 4.78 is 35.7. The molecule has 0 aliphatic rings. The molecular formula is C16H13N3O4S2. The highest BCUT2D eigenvalue weighted by Gasteiger charge is 2.30. The Morgan fingerprint density at radius 1 is 1.20 bits per heavy atom. The minimum Gasteiger partial charge on any atom is -0.408 e. The third-order valence-corrected chi connectivity index (χ3v) is 5.77. The quantitative estimate of drug-likeness (QED) is 0.637. The number of hydrogen-bond acceptors (Lipinski definition) is 7. The monoisotopic (exact) mass is 375 g/mol. The van der Waals surface area contributed by atoms with Gasteiger partial charge >= 0.3 is 6.09 Å². The van der Waals surface area contributed by atoms with Crippen LogP contribution in [0.15, 0.2) is 66.1 Å². The Balaban J connectivity index is 1.94. The molecule has 7 nitrogen and oxygen atoms in total. The summed E-state index contributed by atoms with van der Waals surface area (Å²) in [6, 6.07) is 12.6. The molecular weight excluding hydrogens is 362 g/mol. The van der Waals surface area contributed by atoms with E-state index in [4.69, 9.17) is 4.74 Å². The first-order valence-corrected chi connectivity index (χ1v) is 9.37. The fourth-order valence-corrected chi connectivity index (χ4v) is 4.02. The van der Waals surface area contributed by atoms with Crippen LogP contribution < -0.4 is 4.74 Å². The van der Waals surface area contributed by atoms with Crippen molar-refractivity contribution in [2.75, 3.05) is 6.54 Å². The summed E-state index contributed by atoms with van der Waals surface area (Å²) in [6.07, 6.45) is 0.293. The molecule has 1 aromatic heterocycles. The fraction of sp³-hybridized carbons (Fsp3) is 0.0625. The average Bonchev–Trinajstić information content (AvgIpc) is 3.10. The molecule has 0 fully saturated rings. The summed E-state index contributed by atoms with van der Waals surface area (Å²) in [5.74, 6) is 0.204. The number of carbonyl (C=O) groups excluding carboxylic acids is 1. The average molecular weight is 375 g/mol. The Kier molecular flexibility index (Phi) is 4.77. The smallest absolute Gasteiger partial charge is 0.408 e. The molecule has 9 heteroatoms. The number of benzene rings is 2. The molecule has 0 atom stereocenters. The first kappa shape index (κ1) is 17.1. The molecule has 0 bridgehead atoms. The van der Waals surface area contributed by atoms with Crippen molar-refractivity contribution in [1.82, 2.24) is 13.9 Å². The van der Waals surface area contributed by atoms with Gasteiger partial charge in [-0.15, -0.1) is 11.7 Å². The topological polar surface area (TPSA) is 89.5 Å². The number of hydrogen-bond donors (Lipinski definition) is 0. The molecule has 0 unspecified atom stereocenters. The van der Waals surface area contributed by atoms with Gasteiger partial charge in [-0.25, -0.2) is 13.2 Å². The number of amides is 1. The van der Waals surface area contributed by atoms with Crippen molar-refractivity contribution in [3.8, 4) is 5.75 Å². The minimum absolute atomic E-state index is 0.00790. The van der Waals surface area contributed by atoms with Gasteiger partial charge < -0.3 is 4.74 Å². The van der Waals surface area contributed by atoms with Crippen molar-refractivity contribution in [2.45, 2.75) is 4.90 Å². The maximum Gasteiger partial charge on any atom is 0.429 e. The second-order valence-electron chi connectivity index (χ2n) is 4.88. The van der Waals surface area contributed by atoms with Crippen LogP contribution in [0.4, 0.5) is 4.79 Å². The van der Waals surface area contributed by atoms with Gasteiger partial charge in [0.15, 0.2) is 5.75 Å². The van der Waals surface area contributed by atoms with Gasteiger partial charge in [0, 0.05) is 0 Å². The van der Waals surface area contributed by atoms with E-state index < -0.39 is 16.1 Å². The zero-order chi connectivity index (χ0) is 17.9. The van der Waals surface area contributed by atoms with E-state index in [0.717, 1.165) is 11.5 Å². The van der Waals surface area contributed by atoms with Crippen LogP contribution >= 0.6 is 11.5 Å². The molecule has 0 aliphatic carbocycles. The van der Waals surface area contributed by atoms with E-state index in [0.29, 0.717) is 14.5 Å². The summed E-state index contributed by atoms with van der Waals surface area (Å²) in [5, 5.41) is 3.89. The highest BCUT2D eigenvalue weighted by Crippen LogP contribution is 2.28. The van der Waals surface area contributed by atoms with E-state index in [1.807, 2.05) is 0 Å². The van der Waals surface area contributed by atoms with Crippen LogP contribution in [0.2, 0.25) is 0 Å². The summed E-state index contributed by atoms with van der Waals surface area (Å²) in [7, 11) is -4.06. The highest BCUT2D eigenvalue weighted by atomic mass is 32.2. The molecule has 2 aromatic carbocycles. The van der Waals surface area contributed by atoms with E-state index in [-0.39, 0.29) is 17.2 Å². The van der Waals surface area contributed by atoms with Crippen molar-refractivity contribution in [3.05, 3.63) is 61.2 Å². The molecule has 0 spiro atoms. The fourth-order valence-electron chi connectivity index (χ4n) is 2.11. The van der Waals surface area contributed by atoms with Crippen molar-refractivity contribution in [2.24, 2.45) is 0 Å². The SMILES string of the molecule is C=CCN(C(=O)Oc1cccc2nnsc12)S(=O)(=O)c1ccccc1. The van der Waals surface area contributed by atoms with E-state index in [1.54, 1.807) is 36.4 Å². The van der Waals surface area contributed by atoms with Gasteiger partial charge in [-0.2, -0.15) is 4.31 Å². The predicted octanol–water partition coefficient (Wildman–Crippen LogP) is 3.07. The first-order valence-electron chi connectivity index (χ1n) is 7.15. The lowest BCUT2D eigenvalue weighted by molar-refractivity contribution is 0.182. The van der Waals surface area contributed by atoms with E-state index in [1.165, 1.54) is 18.2 Å². The molecule has 3 rings (SSSR count). The van der Waals surface area contributed by atoms with Gasteiger partial charge in [-0.1, -0.05) is 34.8 Å². The van der Waals surface area contributed by atoms with Crippen LogP contribution in [-0.2, 0) is 10.0 Å². The van der Waals surface area contributed by atoms with Crippen LogP contribution in [0.5, 0.6) is 5.75 Å². The number of aromatic nitrogens is 2. The predicted molar refractivity (Wildman–Crippen MR) is 94.0 cm³/mol. The molecule has 0 saturated heterocycles. The lowest BCUT2D eigenvalue weighted by Gasteiger charge is -2.20. The Morgan fingerprint density at radius 2 is 1.96 bits per heavy atom. The first-order chi connectivity index (χ1) is 12.0. The van der Waals surface area contributed by atoms with Crippen LogP contribution in [-0.4, -0.2) is 34.9 Å². The van der Waals surface area contributed by atoms with Crippen LogP contribution in [0.3, 0.4) is 0 Å². The maximum absolute atomic E-state index is 12.7. The van der Waals surface area contributed by atoms with E-state index in [2.05, 4.69) is 16.2 Å². The number of ether oxygens (including phenoxy) is 1. The lowest BCUT2D eigenvalue weighted by atomic mass is 10.3. The molecule has 0 N–H and O–H groups in total. The van der Waals surface area contributed by atoms with Gasteiger partial charge in [0.25, 0.3) is 10.0 Å². The van der Waals surface area contributed by atoms with Crippen molar-refractivity contribution >= 4 is 37.9 Å². The number of sulfonamides is 1. The molecule has 1 heterocycles. The summed E-state index contributed by atoms with van der Waals surface area (Å²) in [6.45, 7) is 3.29. The summed E-state index contributed by atoms with van der Waals surface area (Å²) >= 11 is 1.06. The number of fused-ring (bicyclic) bond motifs is 1. The van der Waals surface area contributed by atoms with Crippen LogP contribution in [0.1, 0.15) is 0 Å². The third kappa shape index (κ3) is 3.37. The van der Waals surface area contributed by atoms with Gasteiger partial charge in [-0.05, 0) is 35.8 Å². The molecule has 25 heavy (non-hydrogen) atoms. The zero-order valence-electron chi connectivity index (χ0n) is 12.9. The van der Waals surface area contributed by atoms with Gasteiger partial charge in [0.2, 0.25) is 0 Å². The van der Waals surface area contributed by atoms with Crippen LogP contribution in [0.25, 0.3) is 10.2 Å². The maximum atomic E-state index is 12.7. The summed E-state index contributed by atoms with van der Waals surface area (Å²) in [5.41, 5.74) is 0.566. The standard InChI is InChI=1S/C16H13N3O4S2/c1-2-11-19(25(21,22)12-7-4-3-5-8-12)16(20)23-14-10-6-9-13-15(14)24-18-17-13/h2-10H,1,11H2. The van der Waals surface area contributed by atoms with Crippen molar-refractivity contribution < 1.29 is 17.9 Å². The van der Waals surface area contributed by atoms with Crippen molar-refractivity contribution in [3.63, 3.8) is 0 Å². The highest BCUT2D eigenvalue weighted by molar-refractivity contribution is 7.89. The molecule has 0 radical (unpaired) electrons. The number of nitrogens with zero attached hydrogens (tertiary/aromatic N) is 3. The Labute approximate surface area is 148 Å². The summed E-state index contributed by atoms with van der Waals surface area (Å²) in [4.78, 5) is 12.5. The second-order valence-corrected chi connectivity index (χ2v) is 7.50. The Hall–Kier alpha value is -2.78. The number of rotatable bonds is 5. The van der Waals surface area contributed by atoms with E-state index in [9.17, 15) is 13.2 Å². The zero-order valence-corrected chi connectivity index (χ0v) is 14.5. The minimum atomic E-state index is -4.06. The largest absolute Gasteiger partial charge is 0.429 e. The van der Waals surface area contributed by atoms with Gasteiger partial charge in [0.1, 0.15) is 10.2 Å².